The van der Waals surface area contributed by atoms with E-state index in [1.165, 1.54) is 12.1 Å². The van der Waals surface area contributed by atoms with Crippen LogP contribution in [0, 0.1) is 10.1 Å². The van der Waals surface area contributed by atoms with E-state index in [4.69, 9.17) is 27.9 Å². The fraction of sp³-hybridized carbons (Fsp3) is 0.0667. The highest BCUT2D eigenvalue weighted by Gasteiger charge is 2.10. The molecular formula is C15H10Cl2N4O3. The van der Waals surface area contributed by atoms with E-state index in [0.717, 1.165) is 0 Å². The van der Waals surface area contributed by atoms with Gasteiger partial charge in [0.1, 0.15) is 12.4 Å². The number of ether oxygens (including phenoxy) is 1. The average Bonchev–Trinajstić information content (AvgIpc) is 3.03. The molecule has 0 amide bonds. The Labute approximate surface area is 146 Å². The standard InChI is InChI=1S/C15H10Cl2N4O3/c16-10-3-6-13(12(17)7-10)24-8-14-18-15(20-19-14)9-1-4-11(5-2-9)21(22)23/h1-7H,8H2,(H,18,19,20). The van der Waals surface area contributed by atoms with E-state index in [9.17, 15) is 10.1 Å². The van der Waals surface area contributed by atoms with Crippen LogP contribution >= 0.6 is 23.2 Å². The Bertz CT molecular complexity index is 881. The molecule has 0 spiro atoms. The van der Waals surface area contributed by atoms with Crippen LogP contribution in [0.5, 0.6) is 5.75 Å². The molecule has 0 bridgehead atoms. The number of halogens is 2. The lowest BCUT2D eigenvalue weighted by Gasteiger charge is -2.05. The molecule has 122 valence electrons. The quantitative estimate of drug-likeness (QED) is 0.538. The minimum absolute atomic E-state index is 0.00947. The van der Waals surface area contributed by atoms with Crippen molar-refractivity contribution < 1.29 is 9.66 Å². The van der Waals surface area contributed by atoms with E-state index in [-0.39, 0.29) is 12.3 Å². The van der Waals surface area contributed by atoms with Crippen molar-refractivity contribution in [2.75, 3.05) is 0 Å². The SMILES string of the molecule is O=[N+]([O-])c1ccc(-c2n[nH]c(COc3ccc(Cl)cc3Cl)n2)cc1. The lowest BCUT2D eigenvalue weighted by atomic mass is 10.2. The number of nitrogens with zero attached hydrogens (tertiary/aromatic N) is 3. The molecule has 3 rings (SSSR count). The molecule has 0 aliphatic carbocycles. The first-order valence-electron chi connectivity index (χ1n) is 6.77. The number of H-pyrrole nitrogens is 1. The predicted molar refractivity (Wildman–Crippen MR) is 89.3 cm³/mol. The van der Waals surface area contributed by atoms with Gasteiger partial charge in [0.2, 0.25) is 0 Å². The zero-order valence-corrected chi connectivity index (χ0v) is 13.6. The molecule has 7 nitrogen and oxygen atoms in total. The zero-order chi connectivity index (χ0) is 17.1. The maximum Gasteiger partial charge on any atom is 0.269 e. The molecule has 0 saturated carbocycles. The van der Waals surface area contributed by atoms with Crippen LogP contribution in [-0.4, -0.2) is 20.1 Å². The van der Waals surface area contributed by atoms with Crippen molar-refractivity contribution in [1.29, 1.82) is 0 Å². The van der Waals surface area contributed by atoms with Crippen molar-refractivity contribution in [2.24, 2.45) is 0 Å². The fourth-order valence-corrected chi connectivity index (χ4v) is 2.42. The summed E-state index contributed by atoms with van der Waals surface area (Å²) in [6, 6.07) is 10.9. The number of aromatic amines is 1. The van der Waals surface area contributed by atoms with Gasteiger partial charge in [0.25, 0.3) is 5.69 Å². The smallest absolute Gasteiger partial charge is 0.269 e. The fourth-order valence-electron chi connectivity index (χ4n) is 1.96. The van der Waals surface area contributed by atoms with Gasteiger partial charge in [-0.2, -0.15) is 5.10 Å². The van der Waals surface area contributed by atoms with Crippen molar-refractivity contribution in [3.8, 4) is 17.1 Å². The number of hydrogen-bond acceptors (Lipinski definition) is 5. The first-order valence-corrected chi connectivity index (χ1v) is 7.52. The normalized spacial score (nSPS) is 10.6. The summed E-state index contributed by atoms with van der Waals surface area (Å²) >= 11 is 11.9. The van der Waals surface area contributed by atoms with Crippen molar-refractivity contribution in [2.45, 2.75) is 6.61 Å². The molecule has 1 N–H and O–H groups in total. The molecule has 0 unspecified atom stereocenters. The zero-order valence-electron chi connectivity index (χ0n) is 12.1. The second-order valence-electron chi connectivity index (χ2n) is 4.77. The second-order valence-corrected chi connectivity index (χ2v) is 5.62. The maximum atomic E-state index is 10.7. The summed E-state index contributed by atoms with van der Waals surface area (Å²) in [7, 11) is 0. The Morgan fingerprint density at radius 2 is 1.92 bits per heavy atom. The van der Waals surface area contributed by atoms with Gasteiger partial charge in [0.05, 0.1) is 9.95 Å². The molecule has 24 heavy (non-hydrogen) atoms. The number of hydrogen-bond donors (Lipinski definition) is 1. The predicted octanol–water partition coefficient (Wildman–Crippen LogP) is 4.27. The Morgan fingerprint density at radius 3 is 2.58 bits per heavy atom. The van der Waals surface area contributed by atoms with E-state index in [0.29, 0.717) is 33.0 Å². The number of nitrogens with one attached hydrogen (secondary N) is 1. The highest BCUT2D eigenvalue weighted by molar-refractivity contribution is 6.35. The van der Waals surface area contributed by atoms with E-state index in [2.05, 4.69) is 15.2 Å². The molecule has 1 heterocycles. The van der Waals surface area contributed by atoms with Crippen molar-refractivity contribution in [1.82, 2.24) is 15.2 Å². The van der Waals surface area contributed by atoms with Gasteiger partial charge in [-0.25, -0.2) is 4.98 Å². The molecule has 0 fully saturated rings. The van der Waals surface area contributed by atoms with Crippen molar-refractivity contribution >= 4 is 28.9 Å². The van der Waals surface area contributed by atoms with Crippen LogP contribution in [0.4, 0.5) is 5.69 Å². The number of rotatable bonds is 5. The van der Waals surface area contributed by atoms with E-state index in [1.807, 2.05) is 0 Å². The Balaban J connectivity index is 1.70. The van der Waals surface area contributed by atoms with Gasteiger partial charge in [-0.15, -0.1) is 0 Å². The molecular weight excluding hydrogens is 355 g/mol. The third kappa shape index (κ3) is 3.64. The van der Waals surface area contributed by atoms with Gasteiger partial charge in [-0.3, -0.25) is 15.2 Å². The minimum atomic E-state index is -0.461. The molecule has 0 saturated heterocycles. The molecule has 2 aromatic carbocycles. The van der Waals surface area contributed by atoms with Crippen LogP contribution in [0.1, 0.15) is 5.82 Å². The maximum absolute atomic E-state index is 10.7. The number of nitro groups is 1. The average molecular weight is 365 g/mol. The summed E-state index contributed by atoms with van der Waals surface area (Å²) in [5, 5.41) is 18.4. The van der Waals surface area contributed by atoms with Crippen LogP contribution in [0.15, 0.2) is 42.5 Å². The summed E-state index contributed by atoms with van der Waals surface area (Å²) in [4.78, 5) is 14.5. The van der Waals surface area contributed by atoms with Gasteiger partial charge >= 0.3 is 0 Å². The Hall–Kier alpha value is -2.64. The first kappa shape index (κ1) is 16.2. The van der Waals surface area contributed by atoms with Gasteiger partial charge in [0, 0.05) is 22.7 Å². The molecule has 0 aliphatic rings. The van der Waals surface area contributed by atoms with Crippen LogP contribution in [0.3, 0.4) is 0 Å². The summed E-state index contributed by atoms with van der Waals surface area (Å²) < 4.78 is 5.56. The lowest BCUT2D eigenvalue weighted by molar-refractivity contribution is -0.384. The van der Waals surface area contributed by atoms with Crippen LogP contribution in [-0.2, 0) is 6.61 Å². The number of nitro benzene ring substituents is 1. The largest absolute Gasteiger partial charge is 0.484 e. The summed E-state index contributed by atoms with van der Waals surface area (Å²) in [6.45, 7) is 0.140. The monoisotopic (exact) mass is 364 g/mol. The van der Waals surface area contributed by atoms with Crippen molar-refractivity contribution in [3.05, 3.63) is 68.4 Å². The Kier molecular flexibility index (Phi) is 4.64. The third-order valence-corrected chi connectivity index (χ3v) is 3.66. The molecule has 0 aliphatic heterocycles. The van der Waals surface area contributed by atoms with Crippen molar-refractivity contribution in [3.63, 3.8) is 0 Å². The van der Waals surface area contributed by atoms with Gasteiger partial charge < -0.3 is 4.74 Å². The molecule has 3 aromatic rings. The van der Waals surface area contributed by atoms with Gasteiger partial charge in [-0.05, 0) is 30.3 Å². The van der Waals surface area contributed by atoms with E-state index < -0.39 is 4.92 Å². The summed E-state index contributed by atoms with van der Waals surface area (Å²) in [5.41, 5.74) is 0.669. The molecule has 0 atom stereocenters. The highest BCUT2D eigenvalue weighted by atomic mass is 35.5. The van der Waals surface area contributed by atoms with Crippen LogP contribution in [0.25, 0.3) is 11.4 Å². The van der Waals surface area contributed by atoms with Crippen LogP contribution in [0.2, 0.25) is 10.0 Å². The summed E-state index contributed by atoms with van der Waals surface area (Å²) in [5.74, 6) is 1.40. The third-order valence-electron chi connectivity index (χ3n) is 3.13. The first-order chi connectivity index (χ1) is 11.5. The second kappa shape index (κ2) is 6.86. The van der Waals surface area contributed by atoms with Gasteiger partial charge in [-0.1, -0.05) is 23.2 Å². The lowest BCUT2D eigenvalue weighted by Crippen LogP contribution is -1.98. The van der Waals surface area contributed by atoms with E-state index in [1.54, 1.807) is 30.3 Å². The van der Waals surface area contributed by atoms with Gasteiger partial charge in [0.15, 0.2) is 11.6 Å². The number of non-ortho nitro benzene ring substituents is 1. The highest BCUT2D eigenvalue weighted by Crippen LogP contribution is 2.28. The van der Waals surface area contributed by atoms with E-state index >= 15 is 0 Å². The molecule has 9 heteroatoms. The topological polar surface area (TPSA) is 93.9 Å². The Morgan fingerprint density at radius 1 is 1.17 bits per heavy atom. The molecule has 1 aromatic heterocycles. The summed E-state index contributed by atoms with van der Waals surface area (Å²) in [6.07, 6.45) is 0. The molecule has 0 radical (unpaired) electrons. The number of benzene rings is 2. The number of aromatic nitrogens is 3. The minimum Gasteiger partial charge on any atom is -0.484 e. The van der Waals surface area contributed by atoms with Crippen LogP contribution < -0.4 is 4.74 Å².